The van der Waals surface area contributed by atoms with Crippen molar-refractivity contribution in [2.45, 2.75) is 52.2 Å². The van der Waals surface area contributed by atoms with E-state index in [-0.39, 0.29) is 11.5 Å². The summed E-state index contributed by atoms with van der Waals surface area (Å²) in [5, 5.41) is 6.21. The van der Waals surface area contributed by atoms with E-state index in [1.807, 2.05) is 0 Å². The van der Waals surface area contributed by atoms with Crippen molar-refractivity contribution in [2.75, 3.05) is 13.1 Å². The van der Waals surface area contributed by atoms with E-state index in [0.29, 0.717) is 13.0 Å². The summed E-state index contributed by atoms with van der Waals surface area (Å²) in [5.41, 5.74) is 2.34. The second-order valence-corrected chi connectivity index (χ2v) is 6.22. The monoisotopic (exact) mass is 290 g/mol. The van der Waals surface area contributed by atoms with E-state index in [4.69, 9.17) is 4.74 Å². The Labute approximate surface area is 127 Å². The summed E-state index contributed by atoms with van der Waals surface area (Å²) in [6.07, 6.45) is 2.44. The number of amides is 1. The molecule has 4 nitrogen and oxygen atoms in total. The van der Waals surface area contributed by atoms with Crippen LogP contribution in [-0.4, -0.2) is 24.6 Å². The summed E-state index contributed by atoms with van der Waals surface area (Å²) < 4.78 is 6.04. The molecule has 4 heteroatoms. The molecular formula is C17H26N2O2. The maximum Gasteiger partial charge on any atom is 0.221 e. The third kappa shape index (κ3) is 4.46. The minimum atomic E-state index is -0.113. The number of fused-ring (bicyclic) bond motifs is 1. The molecule has 0 aliphatic carbocycles. The quantitative estimate of drug-likeness (QED) is 0.758. The van der Waals surface area contributed by atoms with Crippen molar-refractivity contribution in [1.82, 2.24) is 10.6 Å². The molecule has 1 aromatic rings. The molecule has 0 bridgehead atoms. The van der Waals surface area contributed by atoms with Crippen LogP contribution in [0.4, 0.5) is 0 Å². The molecule has 116 valence electrons. The predicted molar refractivity (Wildman–Crippen MR) is 84.5 cm³/mol. The fourth-order valence-electron chi connectivity index (χ4n) is 2.60. The summed E-state index contributed by atoms with van der Waals surface area (Å²) in [5.74, 6) is 1.13. The van der Waals surface area contributed by atoms with E-state index in [1.54, 1.807) is 0 Å². The summed E-state index contributed by atoms with van der Waals surface area (Å²) >= 11 is 0. The number of carbonyl (C=O) groups excluding carboxylic acids is 1. The summed E-state index contributed by atoms with van der Waals surface area (Å²) in [7, 11) is 0. The SMILES string of the molecule is CCCNC(=O)CCNCc1cccc2c1OC(C)(C)C2. The molecule has 0 unspecified atom stereocenters. The number of para-hydroxylation sites is 1. The molecule has 0 radical (unpaired) electrons. The Morgan fingerprint density at radius 2 is 2.14 bits per heavy atom. The Hall–Kier alpha value is -1.55. The first-order valence-corrected chi connectivity index (χ1v) is 7.79. The molecule has 1 aliphatic heterocycles. The molecular weight excluding hydrogens is 264 g/mol. The predicted octanol–water partition coefficient (Wildman–Crippen LogP) is 2.41. The number of ether oxygens (including phenoxy) is 1. The Balaban J connectivity index is 1.80. The van der Waals surface area contributed by atoms with E-state index < -0.39 is 0 Å². The maximum absolute atomic E-state index is 11.5. The normalized spacial score (nSPS) is 15.4. The Bertz CT molecular complexity index is 498. The Kier molecular flexibility index (Phi) is 5.23. The van der Waals surface area contributed by atoms with E-state index in [9.17, 15) is 4.79 Å². The van der Waals surface area contributed by atoms with E-state index >= 15 is 0 Å². The van der Waals surface area contributed by atoms with Gasteiger partial charge in [-0.1, -0.05) is 25.1 Å². The maximum atomic E-state index is 11.5. The van der Waals surface area contributed by atoms with Gasteiger partial charge in [-0.05, 0) is 25.8 Å². The van der Waals surface area contributed by atoms with Gasteiger partial charge in [-0.3, -0.25) is 4.79 Å². The third-order valence-corrected chi connectivity index (χ3v) is 3.59. The summed E-state index contributed by atoms with van der Waals surface area (Å²) in [6.45, 7) is 8.46. The lowest BCUT2D eigenvalue weighted by Crippen LogP contribution is -2.28. The van der Waals surface area contributed by atoms with Crippen LogP contribution in [0.25, 0.3) is 0 Å². The van der Waals surface area contributed by atoms with Gasteiger partial charge in [0, 0.05) is 38.0 Å². The highest BCUT2D eigenvalue weighted by molar-refractivity contribution is 5.75. The Morgan fingerprint density at radius 3 is 2.90 bits per heavy atom. The standard InChI is InChI=1S/C17H26N2O2/c1-4-9-19-15(20)8-10-18-12-14-7-5-6-13-11-17(2,3)21-16(13)14/h5-7,18H,4,8-12H2,1-3H3,(H,19,20). The Morgan fingerprint density at radius 1 is 1.33 bits per heavy atom. The van der Waals surface area contributed by atoms with Gasteiger partial charge in [-0.15, -0.1) is 0 Å². The highest BCUT2D eigenvalue weighted by Gasteiger charge is 2.31. The lowest BCUT2D eigenvalue weighted by atomic mass is 10.0. The number of carbonyl (C=O) groups is 1. The van der Waals surface area contributed by atoms with Crippen LogP contribution in [0.2, 0.25) is 0 Å². The first-order chi connectivity index (χ1) is 10.0. The number of hydrogen-bond donors (Lipinski definition) is 2. The minimum absolute atomic E-state index is 0.111. The summed E-state index contributed by atoms with van der Waals surface area (Å²) in [4.78, 5) is 11.5. The zero-order valence-corrected chi connectivity index (χ0v) is 13.3. The van der Waals surface area contributed by atoms with Crippen molar-refractivity contribution in [2.24, 2.45) is 0 Å². The van der Waals surface area contributed by atoms with Gasteiger partial charge in [0.15, 0.2) is 0 Å². The molecule has 0 aromatic heterocycles. The second-order valence-electron chi connectivity index (χ2n) is 6.22. The van der Waals surface area contributed by atoms with Gasteiger partial charge < -0.3 is 15.4 Å². The van der Waals surface area contributed by atoms with Crippen molar-refractivity contribution >= 4 is 5.91 Å². The van der Waals surface area contributed by atoms with Gasteiger partial charge in [0.05, 0.1) is 0 Å². The number of hydrogen-bond acceptors (Lipinski definition) is 3. The van der Waals surface area contributed by atoms with Crippen LogP contribution in [0, 0.1) is 0 Å². The molecule has 0 saturated carbocycles. The largest absolute Gasteiger partial charge is 0.487 e. The molecule has 0 atom stereocenters. The van der Waals surface area contributed by atoms with E-state index in [0.717, 1.165) is 31.7 Å². The lowest BCUT2D eigenvalue weighted by Gasteiger charge is -2.18. The van der Waals surface area contributed by atoms with Crippen molar-refractivity contribution in [3.05, 3.63) is 29.3 Å². The third-order valence-electron chi connectivity index (χ3n) is 3.59. The lowest BCUT2D eigenvalue weighted by molar-refractivity contribution is -0.120. The summed E-state index contributed by atoms with van der Waals surface area (Å²) in [6, 6.07) is 6.30. The molecule has 0 spiro atoms. The van der Waals surface area contributed by atoms with Gasteiger partial charge in [-0.2, -0.15) is 0 Å². The first-order valence-electron chi connectivity index (χ1n) is 7.79. The van der Waals surface area contributed by atoms with Crippen LogP contribution in [0.15, 0.2) is 18.2 Å². The number of nitrogens with one attached hydrogen (secondary N) is 2. The molecule has 1 amide bonds. The molecule has 0 saturated heterocycles. The molecule has 21 heavy (non-hydrogen) atoms. The van der Waals surface area contributed by atoms with Gasteiger partial charge >= 0.3 is 0 Å². The van der Waals surface area contributed by atoms with Gasteiger partial charge in [0.1, 0.15) is 11.4 Å². The van der Waals surface area contributed by atoms with Crippen LogP contribution in [0.1, 0.15) is 44.7 Å². The first kappa shape index (κ1) is 15.8. The van der Waals surface area contributed by atoms with Crippen LogP contribution in [0.5, 0.6) is 5.75 Å². The molecule has 2 N–H and O–H groups in total. The number of rotatable bonds is 7. The van der Waals surface area contributed by atoms with E-state index in [2.05, 4.69) is 49.6 Å². The van der Waals surface area contributed by atoms with Gasteiger partial charge in [0.25, 0.3) is 0 Å². The average Bonchev–Trinajstić information content (AvgIpc) is 2.76. The molecule has 1 heterocycles. The van der Waals surface area contributed by atoms with Crippen LogP contribution >= 0.6 is 0 Å². The van der Waals surface area contributed by atoms with Crippen molar-refractivity contribution in [1.29, 1.82) is 0 Å². The van der Waals surface area contributed by atoms with E-state index in [1.165, 1.54) is 11.1 Å². The van der Waals surface area contributed by atoms with Crippen LogP contribution in [0.3, 0.4) is 0 Å². The molecule has 1 aliphatic rings. The molecule has 2 rings (SSSR count). The second kappa shape index (κ2) is 6.94. The molecule has 0 fully saturated rings. The highest BCUT2D eigenvalue weighted by Crippen LogP contribution is 2.37. The van der Waals surface area contributed by atoms with Crippen LogP contribution < -0.4 is 15.4 Å². The minimum Gasteiger partial charge on any atom is -0.487 e. The van der Waals surface area contributed by atoms with Gasteiger partial charge in [-0.25, -0.2) is 0 Å². The topological polar surface area (TPSA) is 50.4 Å². The van der Waals surface area contributed by atoms with Crippen molar-refractivity contribution in [3.8, 4) is 5.75 Å². The zero-order chi connectivity index (χ0) is 15.3. The fraction of sp³-hybridized carbons (Fsp3) is 0.588. The molecule has 1 aromatic carbocycles. The number of benzene rings is 1. The van der Waals surface area contributed by atoms with Crippen molar-refractivity contribution in [3.63, 3.8) is 0 Å². The fourth-order valence-corrected chi connectivity index (χ4v) is 2.60. The van der Waals surface area contributed by atoms with Gasteiger partial charge in [0.2, 0.25) is 5.91 Å². The highest BCUT2D eigenvalue weighted by atomic mass is 16.5. The zero-order valence-electron chi connectivity index (χ0n) is 13.3. The average molecular weight is 290 g/mol. The van der Waals surface area contributed by atoms with Crippen molar-refractivity contribution < 1.29 is 9.53 Å². The smallest absolute Gasteiger partial charge is 0.221 e. The van der Waals surface area contributed by atoms with Crippen LogP contribution in [-0.2, 0) is 17.8 Å².